The fourth-order valence-electron chi connectivity index (χ4n) is 2.91. The van der Waals surface area contributed by atoms with Crippen LogP contribution in [-0.4, -0.2) is 15.1 Å². The van der Waals surface area contributed by atoms with Crippen molar-refractivity contribution in [1.82, 2.24) is 9.97 Å². The quantitative estimate of drug-likeness (QED) is 0.242. The van der Waals surface area contributed by atoms with Gasteiger partial charge in [-0.1, -0.05) is 0 Å². The highest BCUT2D eigenvalue weighted by molar-refractivity contribution is 14.1. The van der Waals surface area contributed by atoms with Crippen LogP contribution in [-0.2, 0) is 6.61 Å². The van der Waals surface area contributed by atoms with E-state index in [2.05, 4.69) is 37.9 Å². The van der Waals surface area contributed by atoms with Gasteiger partial charge in [-0.3, -0.25) is 0 Å². The van der Waals surface area contributed by atoms with Crippen molar-refractivity contribution in [3.8, 4) is 11.5 Å². The van der Waals surface area contributed by atoms with E-state index in [0.29, 0.717) is 16.2 Å². The van der Waals surface area contributed by atoms with E-state index in [4.69, 9.17) is 9.84 Å². The minimum absolute atomic E-state index is 0.264. The van der Waals surface area contributed by atoms with Crippen molar-refractivity contribution < 1.29 is 14.6 Å². The Hall–Kier alpha value is -2.98. The summed E-state index contributed by atoms with van der Waals surface area (Å²) in [6, 6.07) is 14.9. The lowest BCUT2D eigenvalue weighted by Crippen LogP contribution is -2.31. The van der Waals surface area contributed by atoms with Gasteiger partial charge in [-0.2, -0.15) is 4.73 Å². The van der Waals surface area contributed by atoms with E-state index in [1.165, 1.54) is 18.6 Å². The number of ether oxygens (including phenoxy) is 1. The maximum absolute atomic E-state index is 11.8. The van der Waals surface area contributed by atoms with Crippen LogP contribution >= 0.6 is 22.6 Å². The van der Waals surface area contributed by atoms with Gasteiger partial charge in [-0.25, -0.2) is 9.97 Å². The highest BCUT2D eigenvalue weighted by atomic mass is 127. The van der Waals surface area contributed by atoms with Crippen molar-refractivity contribution in [3.63, 3.8) is 0 Å². The molecule has 0 spiro atoms. The molecule has 2 heterocycles. The molecule has 0 saturated carbocycles. The molecule has 0 saturated heterocycles. The number of fused-ring (bicyclic) bond motifs is 1. The van der Waals surface area contributed by atoms with Crippen LogP contribution in [0.4, 0.5) is 11.5 Å². The van der Waals surface area contributed by atoms with Crippen LogP contribution in [0.5, 0.6) is 11.5 Å². The summed E-state index contributed by atoms with van der Waals surface area (Å²) in [5.74, 6) is 1.76. The second-order valence-electron chi connectivity index (χ2n) is 6.43. The van der Waals surface area contributed by atoms with Crippen LogP contribution < -0.4 is 14.8 Å². The van der Waals surface area contributed by atoms with Crippen LogP contribution in [0.1, 0.15) is 11.3 Å². The van der Waals surface area contributed by atoms with E-state index in [-0.39, 0.29) is 12.3 Å². The maximum atomic E-state index is 11.8. The molecule has 0 atom stereocenters. The van der Waals surface area contributed by atoms with Crippen LogP contribution in [0.15, 0.2) is 61.1 Å². The molecule has 0 aliphatic heterocycles. The van der Waals surface area contributed by atoms with E-state index >= 15 is 0 Å². The Balaban J connectivity index is 1.58. The highest BCUT2D eigenvalue weighted by Crippen LogP contribution is 2.29. The number of aliphatic hydroxyl groups is 1. The third-order valence-corrected chi connectivity index (χ3v) is 5.06. The van der Waals surface area contributed by atoms with Crippen molar-refractivity contribution in [1.29, 1.82) is 0 Å². The summed E-state index contributed by atoms with van der Waals surface area (Å²) in [5.41, 5.74) is 2.90. The van der Waals surface area contributed by atoms with Crippen molar-refractivity contribution in [3.05, 3.63) is 81.1 Å². The first-order valence-electron chi connectivity index (χ1n) is 8.82. The van der Waals surface area contributed by atoms with Gasteiger partial charge in [0, 0.05) is 20.7 Å². The number of rotatable bonds is 5. The second kappa shape index (κ2) is 8.18. The number of aryl methyl sites for hydroxylation is 1. The molecular formula is C21H17IN4O3. The Kier molecular flexibility index (Phi) is 5.45. The molecule has 8 heteroatoms. The van der Waals surface area contributed by atoms with Crippen LogP contribution in [0.25, 0.3) is 10.9 Å². The average Bonchev–Trinajstić information content (AvgIpc) is 2.71. The molecule has 0 radical (unpaired) electrons. The van der Waals surface area contributed by atoms with Gasteiger partial charge in [0.1, 0.15) is 24.5 Å². The number of aromatic nitrogens is 3. The number of anilines is 2. The minimum Gasteiger partial charge on any atom is -0.618 e. The van der Waals surface area contributed by atoms with E-state index in [9.17, 15) is 5.21 Å². The third kappa shape index (κ3) is 4.22. The van der Waals surface area contributed by atoms with Crippen LogP contribution in [0.2, 0.25) is 0 Å². The van der Waals surface area contributed by atoms with E-state index in [1.807, 2.05) is 43.3 Å². The van der Waals surface area contributed by atoms with Crippen LogP contribution in [0, 0.1) is 15.7 Å². The number of aliphatic hydroxyl groups excluding tert-OH is 1. The number of nitrogens with zero attached hydrogens (tertiary/aromatic N) is 3. The summed E-state index contributed by atoms with van der Waals surface area (Å²) in [7, 11) is 0. The van der Waals surface area contributed by atoms with E-state index in [1.54, 1.807) is 6.07 Å². The molecular weight excluding hydrogens is 483 g/mol. The third-order valence-electron chi connectivity index (χ3n) is 4.39. The highest BCUT2D eigenvalue weighted by Gasteiger charge is 2.10. The molecule has 7 nitrogen and oxygen atoms in total. The largest absolute Gasteiger partial charge is 0.618 e. The fraction of sp³-hybridized carbons (Fsp3) is 0.0952. The van der Waals surface area contributed by atoms with Gasteiger partial charge in [0.15, 0.2) is 5.75 Å². The zero-order valence-corrected chi connectivity index (χ0v) is 17.6. The first-order valence-corrected chi connectivity index (χ1v) is 9.90. The summed E-state index contributed by atoms with van der Waals surface area (Å²) in [6.45, 7) is 1.61. The van der Waals surface area contributed by atoms with Gasteiger partial charge < -0.3 is 20.4 Å². The molecule has 2 N–H and O–H groups in total. The molecule has 4 rings (SSSR count). The Morgan fingerprint density at radius 1 is 1.14 bits per heavy atom. The number of hydrogen-bond acceptors (Lipinski definition) is 6. The second-order valence-corrected chi connectivity index (χ2v) is 7.68. The normalized spacial score (nSPS) is 10.9. The lowest BCUT2D eigenvalue weighted by Gasteiger charge is -2.12. The number of pyridine rings is 1. The molecule has 2 aromatic carbocycles. The standard InChI is InChI=1S/C21H17IN4O3/c1-13-8-15(25-21-18-9-14(22)2-6-19(18)23-12-24-21)3-7-20(13)29-17-5-4-16(11-27)26(28)10-17/h2-10,12,27H,11H2,1H3,(H,23,24,25). The van der Waals surface area contributed by atoms with Gasteiger partial charge in [0.2, 0.25) is 11.9 Å². The topological polar surface area (TPSA) is 94.2 Å². The van der Waals surface area contributed by atoms with Crippen molar-refractivity contribution in [2.45, 2.75) is 13.5 Å². The average molecular weight is 500 g/mol. The van der Waals surface area contributed by atoms with Gasteiger partial charge in [0.25, 0.3) is 0 Å². The molecule has 0 aliphatic carbocycles. The maximum Gasteiger partial charge on any atom is 0.223 e. The predicted octanol–water partition coefficient (Wildman–Crippen LogP) is 4.20. The van der Waals surface area contributed by atoms with Gasteiger partial charge >= 0.3 is 0 Å². The predicted molar refractivity (Wildman–Crippen MR) is 118 cm³/mol. The summed E-state index contributed by atoms with van der Waals surface area (Å²) < 4.78 is 7.53. The summed E-state index contributed by atoms with van der Waals surface area (Å²) in [5, 5.41) is 25.2. The van der Waals surface area contributed by atoms with Gasteiger partial charge in [-0.05, 0) is 77.5 Å². The van der Waals surface area contributed by atoms with Gasteiger partial charge in [0.05, 0.1) is 5.52 Å². The molecule has 0 aliphatic rings. The summed E-state index contributed by atoms with van der Waals surface area (Å²) in [6.07, 6.45) is 2.84. The molecule has 146 valence electrons. The fourth-order valence-corrected chi connectivity index (χ4v) is 3.40. The van der Waals surface area contributed by atoms with Gasteiger partial charge in [-0.15, -0.1) is 0 Å². The van der Waals surface area contributed by atoms with Crippen molar-refractivity contribution >= 4 is 45.0 Å². The summed E-state index contributed by atoms with van der Waals surface area (Å²) >= 11 is 2.26. The monoisotopic (exact) mass is 500 g/mol. The SMILES string of the molecule is Cc1cc(Nc2ncnc3ccc(I)cc23)ccc1Oc1ccc(CO)[n+]([O-])c1. The minimum atomic E-state index is -0.319. The smallest absolute Gasteiger partial charge is 0.223 e. The molecule has 4 aromatic rings. The molecule has 0 unspecified atom stereocenters. The lowest BCUT2D eigenvalue weighted by molar-refractivity contribution is -0.616. The Morgan fingerprint density at radius 3 is 2.76 bits per heavy atom. The van der Waals surface area contributed by atoms with E-state index < -0.39 is 0 Å². The molecule has 2 aromatic heterocycles. The first-order chi connectivity index (χ1) is 14.0. The zero-order valence-electron chi connectivity index (χ0n) is 15.5. The zero-order chi connectivity index (χ0) is 20.4. The molecule has 0 fully saturated rings. The van der Waals surface area contributed by atoms with Crippen molar-refractivity contribution in [2.75, 3.05) is 5.32 Å². The lowest BCUT2D eigenvalue weighted by atomic mass is 10.2. The number of nitrogens with one attached hydrogen (secondary N) is 1. The number of hydrogen-bond donors (Lipinski definition) is 2. The number of benzene rings is 2. The molecule has 0 bridgehead atoms. The first kappa shape index (κ1) is 19.3. The summed E-state index contributed by atoms with van der Waals surface area (Å²) in [4.78, 5) is 8.68. The Labute approximate surface area is 180 Å². The molecule has 0 amide bonds. The number of halogens is 1. The molecule has 29 heavy (non-hydrogen) atoms. The Morgan fingerprint density at radius 2 is 2.00 bits per heavy atom. The van der Waals surface area contributed by atoms with Crippen LogP contribution in [0.3, 0.4) is 0 Å². The Bertz CT molecular complexity index is 1200. The van der Waals surface area contributed by atoms with E-state index in [0.717, 1.165) is 31.5 Å². The van der Waals surface area contributed by atoms with Crippen molar-refractivity contribution in [2.24, 2.45) is 0 Å².